The molecule has 1 saturated heterocycles. The number of benzene rings is 2. The number of methoxy groups -OCH3 is 2. The van der Waals surface area contributed by atoms with E-state index in [1.165, 1.54) is 10.5 Å². The van der Waals surface area contributed by atoms with Crippen LogP contribution in [0.25, 0.3) is 10.9 Å². The van der Waals surface area contributed by atoms with Gasteiger partial charge >= 0.3 is 0 Å². The van der Waals surface area contributed by atoms with Crippen LogP contribution in [-0.4, -0.2) is 52.2 Å². The van der Waals surface area contributed by atoms with Gasteiger partial charge in [-0.2, -0.15) is 0 Å². The van der Waals surface area contributed by atoms with E-state index in [1.807, 2.05) is 19.1 Å². The lowest BCUT2D eigenvalue weighted by Crippen LogP contribution is -3.27. The summed E-state index contributed by atoms with van der Waals surface area (Å²) >= 11 is 0. The number of hydrogen-bond acceptors (Lipinski definition) is 5. The summed E-state index contributed by atoms with van der Waals surface area (Å²) in [6, 6.07) is 9.83. The fourth-order valence-corrected chi connectivity index (χ4v) is 4.95. The minimum atomic E-state index is 0.0274. The number of hydrogen-bond donors (Lipinski definition) is 3. The van der Waals surface area contributed by atoms with Crippen molar-refractivity contribution >= 4 is 10.9 Å². The highest BCUT2D eigenvalue weighted by atomic mass is 16.7. The molecule has 3 aromatic rings. The molecule has 0 saturated carbocycles. The average molecular weight is 454 g/mol. The topological polar surface area (TPSA) is 78.7 Å². The van der Waals surface area contributed by atoms with Gasteiger partial charge in [0.15, 0.2) is 11.5 Å². The molecule has 0 bridgehead atoms. The van der Waals surface area contributed by atoms with E-state index in [9.17, 15) is 4.79 Å². The first-order chi connectivity index (χ1) is 16.1. The van der Waals surface area contributed by atoms with E-state index < -0.39 is 0 Å². The van der Waals surface area contributed by atoms with Gasteiger partial charge in [0, 0.05) is 11.3 Å². The van der Waals surface area contributed by atoms with Crippen molar-refractivity contribution < 1.29 is 28.7 Å². The minimum absolute atomic E-state index is 0.0274. The Hall–Kier alpha value is -3.23. The molecule has 8 heteroatoms. The van der Waals surface area contributed by atoms with Gasteiger partial charge < -0.3 is 33.7 Å². The molecule has 0 aliphatic carbocycles. The van der Waals surface area contributed by atoms with Crippen molar-refractivity contribution in [1.29, 1.82) is 0 Å². The first-order valence-electron chi connectivity index (χ1n) is 11.4. The van der Waals surface area contributed by atoms with Crippen molar-refractivity contribution in [2.75, 3.05) is 47.2 Å². The van der Waals surface area contributed by atoms with Crippen LogP contribution in [0.3, 0.4) is 0 Å². The van der Waals surface area contributed by atoms with Crippen molar-refractivity contribution in [2.24, 2.45) is 0 Å². The van der Waals surface area contributed by atoms with Gasteiger partial charge in [-0.25, -0.2) is 0 Å². The lowest BCUT2D eigenvalue weighted by molar-refractivity contribution is -1.02. The highest BCUT2D eigenvalue weighted by Gasteiger charge is 2.26. The first kappa shape index (κ1) is 21.6. The van der Waals surface area contributed by atoms with Crippen molar-refractivity contribution in [1.82, 2.24) is 4.98 Å². The second-order valence-corrected chi connectivity index (χ2v) is 8.82. The molecular formula is C25H31N3O5+2. The number of quaternary nitrogens is 2. The van der Waals surface area contributed by atoms with E-state index in [0.29, 0.717) is 35.7 Å². The highest BCUT2D eigenvalue weighted by molar-refractivity contribution is 5.90. The van der Waals surface area contributed by atoms with Gasteiger partial charge in [-0.05, 0) is 37.3 Å². The fourth-order valence-electron chi connectivity index (χ4n) is 4.95. The van der Waals surface area contributed by atoms with Gasteiger partial charge in [-0.3, -0.25) is 4.79 Å². The van der Waals surface area contributed by atoms with E-state index >= 15 is 0 Å². The second kappa shape index (κ2) is 8.96. The van der Waals surface area contributed by atoms with Crippen LogP contribution in [-0.2, 0) is 13.1 Å². The molecular weight excluding hydrogens is 422 g/mol. The highest BCUT2D eigenvalue weighted by Crippen LogP contribution is 2.32. The number of nitrogens with one attached hydrogen (secondary N) is 3. The Morgan fingerprint density at radius 3 is 2.30 bits per heavy atom. The fraction of sp³-hybridized carbons (Fsp3) is 0.400. The number of aromatic nitrogens is 1. The molecule has 0 radical (unpaired) electrons. The molecule has 2 aromatic carbocycles. The van der Waals surface area contributed by atoms with Gasteiger partial charge in [-0.15, -0.1) is 0 Å². The van der Waals surface area contributed by atoms with Crippen molar-refractivity contribution in [3.8, 4) is 23.0 Å². The van der Waals surface area contributed by atoms with Gasteiger partial charge in [0.25, 0.3) is 0 Å². The summed E-state index contributed by atoms with van der Waals surface area (Å²) < 4.78 is 21.9. The monoisotopic (exact) mass is 453 g/mol. The zero-order chi connectivity index (χ0) is 22.9. The number of aryl methyl sites for hydroxylation is 1. The summed E-state index contributed by atoms with van der Waals surface area (Å²) in [5.41, 5.74) is 3.70. The first-order valence-corrected chi connectivity index (χ1v) is 11.4. The van der Waals surface area contributed by atoms with Crippen LogP contribution in [0.15, 0.2) is 35.1 Å². The van der Waals surface area contributed by atoms with Gasteiger partial charge in [0.05, 0.1) is 30.7 Å². The molecule has 0 atom stereocenters. The summed E-state index contributed by atoms with van der Waals surface area (Å²) in [5, 5.41) is 0.559. The molecule has 174 valence electrons. The third-order valence-electron chi connectivity index (χ3n) is 6.82. The van der Waals surface area contributed by atoms with Crippen LogP contribution in [0.2, 0.25) is 0 Å². The molecule has 1 aromatic heterocycles. The Morgan fingerprint density at radius 1 is 0.909 bits per heavy atom. The Balaban J connectivity index is 1.29. The predicted molar refractivity (Wildman–Crippen MR) is 124 cm³/mol. The maximum Gasteiger partial charge on any atom is 0.231 e. The molecule has 0 unspecified atom stereocenters. The Labute approximate surface area is 192 Å². The standard InChI is InChI=1S/C25H29N3O5/c1-16-18(25(29)23-20(30-2)6-7-21(31-3)24(23)26-16)14-28-10-8-27(9-11-28)13-17-4-5-19-22(12-17)33-15-32-19/h4-7,12H,8-11,13-15H2,1-3H3,(H,26,29)/p+2. The molecule has 0 spiro atoms. The molecule has 2 aliphatic heterocycles. The van der Waals surface area contributed by atoms with Gasteiger partial charge in [-0.1, -0.05) is 0 Å². The van der Waals surface area contributed by atoms with Crippen LogP contribution in [0.4, 0.5) is 0 Å². The molecule has 5 rings (SSSR count). The van der Waals surface area contributed by atoms with E-state index in [4.69, 9.17) is 18.9 Å². The molecule has 3 N–H and O–H groups in total. The van der Waals surface area contributed by atoms with E-state index in [2.05, 4.69) is 17.1 Å². The Morgan fingerprint density at radius 2 is 1.58 bits per heavy atom. The van der Waals surface area contributed by atoms with Crippen LogP contribution < -0.4 is 34.2 Å². The van der Waals surface area contributed by atoms with E-state index in [1.54, 1.807) is 25.2 Å². The number of piperazine rings is 1. The van der Waals surface area contributed by atoms with Crippen LogP contribution in [0, 0.1) is 6.92 Å². The van der Waals surface area contributed by atoms with Gasteiger partial charge in [0.2, 0.25) is 12.2 Å². The van der Waals surface area contributed by atoms with Crippen LogP contribution >= 0.6 is 0 Å². The molecule has 0 amide bonds. The molecule has 1 fully saturated rings. The largest absolute Gasteiger partial charge is 0.496 e. The molecule has 3 heterocycles. The minimum Gasteiger partial charge on any atom is -0.496 e. The number of ether oxygens (including phenoxy) is 4. The van der Waals surface area contributed by atoms with Gasteiger partial charge in [0.1, 0.15) is 50.8 Å². The average Bonchev–Trinajstić information content (AvgIpc) is 3.30. The zero-order valence-electron chi connectivity index (χ0n) is 19.4. The number of H-pyrrole nitrogens is 1. The van der Waals surface area contributed by atoms with Crippen LogP contribution in [0.1, 0.15) is 16.8 Å². The second-order valence-electron chi connectivity index (χ2n) is 8.82. The number of aromatic amines is 1. The summed E-state index contributed by atoms with van der Waals surface area (Å²) in [5.74, 6) is 2.88. The Bertz CT molecular complexity index is 1230. The molecule has 2 aliphatic rings. The number of fused-ring (bicyclic) bond motifs is 2. The quantitative estimate of drug-likeness (QED) is 0.492. The lowest BCUT2D eigenvalue weighted by Gasteiger charge is -2.30. The van der Waals surface area contributed by atoms with Crippen molar-refractivity contribution in [3.05, 3.63) is 57.4 Å². The maximum atomic E-state index is 13.5. The molecule has 8 nitrogen and oxygen atoms in total. The number of pyridine rings is 1. The third-order valence-corrected chi connectivity index (χ3v) is 6.82. The normalized spacial score (nSPS) is 19.6. The maximum absolute atomic E-state index is 13.5. The van der Waals surface area contributed by atoms with Crippen molar-refractivity contribution in [3.63, 3.8) is 0 Å². The lowest BCUT2D eigenvalue weighted by atomic mass is 10.1. The third kappa shape index (κ3) is 4.12. The summed E-state index contributed by atoms with van der Waals surface area (Å²) in [4.78, 5) is 19.9. The number of rotatable bonds is 6. The summed E-state index contributed by atoms with van der Waals surface area (Å²) in [6.45, 7) is 8.11. The predicted octanol–water partition coefficient (Wildman–Crippen LogP) is 0.0660. The van der Waals surface area contributed by atoms with E-state index in [0.717, 1.165) is 55.5 Å². The van der Waals surface area contributed by atoms with Crippen LogP contribution in [0.5, 0.6) is 23.0 Å². The smallest absolute Gasteiger partial charge is 0.231 e. The molecule has 33 heavy (non-hydrogen) atoms. The van der Waals surface area contributed by atoms with E-state index in [-0.39, 0.29) is 5.43 Å². The zero-order valence-corrected chi connectivity index (χ0v) is 19.4. The summed E-state index contributed by atoms with van der Waals surface area (Å²) in [6.07, 6.45) is 0. The summed E-state index contributed by atoms with van der Waals surface area (Å²) in [7, 11) is 3.20. The SMILES string of the molecule is COc1ccc(OC)c2c(=O)c(C[NH+]3CC[NH+](Cc4ccc5c(c4)OCO5)CC3)c(C)[nH]c12. The van der Waals surface area contributed by atoms with Crippen molar-refractivity contribution in [2.45, 2.75) is 20.0 Å². The Kier molecular flexibility index (Phi) is 5.86.